The summed E-state index contributed by atoms with van der Waals surface area (Å²) in [4.78, 5) is 0. The van der Waals surface area contributed by atoms with Crippen LogP contribution in [0.15, 0.2) is 103 Å². The van der Waals surface area contributed by atoms with E-state index < -0.39 is 0 Å². The van der Waals surface area contributed by atoms with Gasteiger partial charge in [-0.25, -0.2) is 0 Å². The molecule has 0 aromatic heterocycles. The molecule has 0 bridgehead atoms. The van der Waals surface area contributed by atoms with E-state index in [2.05, 4.69) is 24.3 Å². The summed E-state index contributed by atoms with van der Waals surface area (Å²) in [6.45, 7) is 0. The molecule has 3 nitrogen and oxygen atoms in total. The van der Waals surface area contributed by atoms with Crippen molar-refractivity contribution in [2.75, 3.05) is 5.73 Å². The molecule has 5 aromatic rings. The van der Waals surface area contributed by atoms with E-state index in [4.69, 9.17) is 15.2 Å². The Balaban J connectivity index is 1.50. The summed E-state index contributed by atoms with van der Waals surface area (Å²) in [6, 6.07) is 33.7. The topological polar surface area (TPSA) is 44.5 Å². The van der Waals surface area contributed by atoms with Crippen LogP contribution in [0, 0.1) is 0 Å². The average Bonchev–Trinajstić information content (AvgIpc) is 2.74. The fourth-order valence-electron chi connectivity index (χ4n) is 3.53. The van der Waals surface area contributed by atoms with Gasteiger partial charge in [-0.2, -0.15) is 0 Å². The molecule has 0 aliphatic heterocycles. The van der Waals surface area contributed by atoms with Gasteiger partial charge in [-0.05, 0) is 22.9 Å². The molecule has 0 spiro atoms. The molecule has 5 aromatic carbocycles. The number of nitrogen functional groups attached to an aromatic ring is 1. The summed E-state index contributed by atoms with van der Waals surface area (Å²) >= 11 is 0. The molecule has 0 atom stereocenters. The van der Waals surface area contributed by atoms with Gasteiger partial charge < -0.3 is 15.2 Å². The molecule has 140 valence electrons. The standard InChI is InChI=1S/C26H19NO2/c27-20-15-21(28-25-13-5-9-18-7-1-3-11-23(18)25)17-22(16-20)29-26-14-6-10-19-8-2-4-12-24(19)26/h1-17H,27H2. The molecule has 0 radical (unpaired) electrons. The molecule has 0 aliphatic rings. The van der Waals surface area contributed by atoms with E-state index in [0.29, 0.717) is 17.2 Å². The first-order chi connectivity index (χ1) is 14.3. The van der Waals surface area contributed by atoms with Crippen molar-refractivity contribution in [2.24, 2.45) is 0 Å². The third kappa shape index (κ3) is 3.46. The van der Waals surface area contributed by atoms with Crippen molar-refractivity contribution in [1.82, 2.24) is 0 Å². The molecule has 3 heteroatoms. The van der Waals surface area contributed by atoms with Gasteiger partial charge in [-0.1, -0.05) is 72.8 Å². The Labute approximate surface area is 168 Å². The number of nitrogens with two attached hydrogens (primary N) is 1. The number of fused-ring (bicyclic) bond motifs is 2. The van der Waals surface area contributed by atoms with E-state index in [1.807, 2.05) is 66.7 Å². The quantitative estimate of drug-likeness (QED) is 0.338. The maximum Gasteiger partial charge on any atom is 0.135 e. The number of hydrogen-bond donors (Lipinski definition) is 1. The maximum absolute atomic E-state index is 6.18. The Bertz CT molecular complexity index is 1220. The fraction of sp³-hybridized carbons (Fsp3) is 0. The zero-order valence-electron chi connectivity index (χ0n) is 15.7. The van der Waals surface area contributed by atoms with E-state index in [9.17, 15) is 0 Å². The molecular weight excluding hydrogens is 358 g/mol. The van der Waals surface area contributed by atoms with Gasteiger partial charge >= 0.3 is 0 Å². The third-order valence-electron chi connectivity index (χ3n) is 4.86. The van der Waals surface area contributed by atoms with Gasteiger partial charge in [0.2, 0.25) is 0 Å². The van der Waals surface area contributed by atoms with Crippen LogP contribution in [-0.4, -0.2) is 0 Å². The van der Waals surface area contributed by atoms with E-state index in [1.54, 1.807) is 12.1 Å². The largest absolute Gasteiger partial charge is 0.457 e. The van der Waals surface area contributed by atoms with Gasteiger partial charge in [-0.3, -0.25) is 0 Å². The van der Waals surface area contributed by atoms with E-state index in [1.165, 1.54) is 0 Å². The van der Waals surface area contributed by atoms with Gasteiger partial charge in [0, 0.05) is 34.7 Å². The monoisotopic (exact) mass is 377 g/mol. The molecule has 0 unspecified atom stereocenters. The molecule has 0 aliphatic carbocycles. The molecule has 0 amide bonds. The number of anilines is 1. The van der Waals surface area contributed by atoms with Crippen LogP contribution in [0.5, 0.6) is 23.0 Å². The SMILES string of the molecule is Nc1cc(Oc2cccc3ccccc23)cc(Oc2cccc3ccccc23)c1. The normalized spacial score (nSPS) is 10.9. The smallest absolute Gasteiger partial charge is 0.135 e. The first kappa shape index (κ1) is 17.1. The van der Waals surface area contributed by atoms with Crippen molar-refractivity contribution in [3.05, 3.63) is 103 Å². The molecule has 0 saturated carbocycles. The lowest BCUT2D eigenvalue weighted by Gasteiger charge is -2.13. The van der Waals surface area contributed by atoms with Crippen LogP contribution in [0.25, 0.3) is 21.5 Å². The molecule has 2 N–H and O–H groups in total. The van der Waals surface area contributed by atoms with Crippen molar-refractivity contribution < 1.29 is 9.47 Å². The summed E-state index contributed by atoms with van der Waals surface area (Å²) in [6.07, 6.45) is 0. The Morgan fingerprint density at radius 3 is 1.45 bits per heavy atom. The van der Waals surface area contributed by atoms with Crippen molar-refractivity contribution in [2.45, 2.75) is 0 Å². The number of rotatable bonds is 4. The zero-order chi connectivity index (χ0) is 19.6. The van der Waals surface area contributed by atoms with Crippen LogP contribution in [0.2, 0.25) is 0 Å². The highest BCUT2D eigenvalue weighted by Gasteiger charge is 2.08. The van der Waals surface area contributed by atoms with Crippen LogP contribution < -0.4 is 15.2 Å². The van der Waals surface area contributed by atoms with Crippen molar-refractivity contribution >= 4 is 27.2 Å². The van der Waals surface area contributed by atoms with Crippen LogP contribution in [0.4, 0.5) is 5.69 Å². The molecule has 0 fully saturated rings. The number of ether oxygens (including phenoxy) is 2. The van der Waals surface area contributed by atoms with Crippen LogP contribution in [0.3, 0.4) is 0 Å². The summed E-state index contributed by atoms with van der Waals surface area (Å²) in [7, 11) is 0. The van der Waals surface area contributed by atoms with Crippen molar-refractivity contribution in [3.63, 3.8) is 0 Å². The summed E-state index contributed by atoms with van der Waals surface area (Å²) in [5, 5.41) is 4.35. The van der Waals surface area contributed by atoms with E-state index >= 15 is 0 Å². The minimum atomic E-state index is 0.581. The van der Waals surface area contributed by atoms with Crippen LogP contribution >= 0.6 is 0 Å². The van der Waals surface area contributed by atoms with Gasteiger partial charge in [0.1, 0.15) is 23.0 Å². The Morgan fingerprint density at radius 2 is 0.931 bits per heavy atom. The highest BCUT2D eigenvalue weighted by Crippen LogP contribution is 2.36. The highest BCUT2D eigenvalue weighted by atomic mass is 16.5. The second-order valence-electron chi connectivity index (χ2n) is 6.90. The minimum Gasteiger partial charge on any atom is -0.457 e. The van der Waals surface area contributed by atoms with Crippen LogP contribution in [0.1, 0.15) is 0 Å². The lowest BCUT2D eigenvalue weighted by molar-refractivity contribution is 0.466. The van der Waals surface area contributed by atoms with E-state index in [-0.39, 0.29) is 0 Å². The fourth-order valence-corrected chi connectivity index (χ4v) is 3.53. The second kappa shape index (κ2) is 7.21. The lowest BCUT2D eigenvalue weighted by Crippen LogP contribution is -1.92. The number of hydrogen-bond acceptors (Lipinski definition) is 3. The summed E-state index contributed by atoms with van der Waals surface area (Å²) < 4.78 is 12.4. The Morgan fingerprint density at radius 1 is 0.483 bits per heavy atom. The molecule has 29 heavy (non-hydrogen) atoms. The van der Waals surface area contributed by atoms with E-state index in [0.717, 1.165) is 33.0 Å². The minimum absolute atomic E-state index is 0.581. The maximum atomic E-state index is 6.18. The molecule has 0 heterocycles. The first-order valence-electron chi connectivity index (χ1n) is 9.48. The highest BCUT2D eigenvalue weighted by molar-refractivity contribution is 5.89. The second-order valence-corrected chi connectivity index (χ2v) is 6.90. The predicted octanol–water partition coefficient (Wildman–Crippen LogP) is 7.16. The summed E-state index contributed by atoms with van der Waals surface area (Å²) in [5.41, 5.74) is 6.71. The van der Waals surface area contributed by atoms with Gasteiger partial charge in [0.15, 0.2) is 0 Å². The lowest BCUT2D eigenvalue weighted by atomic mass is 10.1. The predicted molar refractivity (Wildman–Crippen MR) is 119 cm³/mol. The summed E-state index contributed by atoms with van der Waals surface area (Å²) in [5.74, 6) is 2.84. The number of benzene rings is 5. The third-order valence-corrected chi connectivity index (χ3v) is 4.86. The van der Waals surface area contributed by atoms with Gasteiger partial charge in [0.25, 0.3) is 0 Å². The molecule has 0 saturated heterocycles. The van der Waals surface area contributed by atoms with Crippen molar-refractivity contribution in [1.29, 1.82) is 0 Å². The van der Waals surface area contributed by atoms with Crippen LogP contribution in [-0.2, 0) is 0 Å². The van der Waals surface area contributed by atoms with Gasteiger partial charge in [-0.15, -0.1) is 0 Å². The molecule has 5 rings (SSSR count). The Kier molecular flexibility index (Phi) is 4.26. The first-order valence-corrected chi connectivity index (χ1v) is 9.48. The Hall–Kier alpha value is -3.98. The zero-order valence-corrected chi connectivity index (χ0v) is 15.7. The van der Waals surface area contributed by atoms with Crippen molar-refractivity contribution in [3.8, 4) is 23.0 Å². The molecular formula is C26H19NO2. The average molecular weight is 377 g/mol. The van der Waals surface area contributed by atoms with Gasteiger partial charge in [0.05, 0.1) is 0 Å².